The number of carboxylic acids is 1. The number of nitrogens with zero attached hydrogens (tertiary/aromatic N) is 2. The highest BCUT2D eigenvalue weighted by atomic mass is 19.1. The summed E-state index contributed by atoms with van der Waals surface area (Å²) in [5, 5.41) is 8.91. The Hall–Kier alpha value is -2.17. The summed E-state index contributed by atoms with van der Waals surface area (Å²) < 4.78 is 15.9. The number of carboxylic acid groups (broad SMARTS) is 1. The van der Waals surface area contributed by atoms with E-state index in [4.69, 9.17) is 5.11 Å². The van der Waals surface area contributed by atoms with Crippen molar-refractivity contribution in [3.8, 4) is 5.69 Å². The molecule has 1 heterocycles. The summed E-state index contributed by atoms with van der Waals surface area (Å²) in [4.78, 5) is 14.9. The third kappa shape index (κ3) is 2.71. The molecule has 1 aromatic heterocycles. The average Bonchev–Trinajstić information content (AvgIpc) is 2.73. The van der Waals surface area contributed by atoms with Crippen molar-refractivity contribution in [3.05, 3.63) is 47.8 Å². The second-order valence-corrected chi connectivity index (χ2v) is 5.47. The lowest BCUT2D eigenvalue weighted by atomic mass is 9.81. The van der Waals surface area contributed by atoms with Crippen molar-refractivity contribution in [3.63, 3.8) is 0 Å². The van der Waals surface area contributed by atoms with Gasteiger partial charge in [-0.05, 0) is 24.6 Å². The molecule has 0 saturated heterocycles. The van der Waals surface area contributed by atoms with Crippen LogP contribution in [0.5, 0.6) is 0 Å². The fourth-order valence-corrected chi connectivity index (χ4v) is 2.24. The van der Waals surface area contributed by atoms with E-state index < -0.39 is 11.4 Å². The van der Waals surface area contributed by atoms with Gasteiger partial charge in [-0.3, -0.25) is 4.79 Å². The molecule has 1 N–H and O–H groups in total. The molecular formula is C15H17FN2O2. The third-order valence-corrected chi connectivity index (χ3v) is 3.41. The van der Waals surface area contributed by atoms with Gasteiger partial charge in [-0.1, -0.05) is 19.9 Å². The van der Waals surface area contributed by atoms with Crippen molar-refractivity contribution >= 4 is 5.97 Å². The van der Waals surface area contributed by atoms with Gasteiger partial charge in [0.1, 0.15) is 11.6 Å². The molecule has 5 heteroatoms. The van der Waals surface area contributed by atoms with Gasteiger partial charge in [-0.15, -0.1) is 0 Å². The van der Waals surface area contributed by atoms with Gasteiger partial charge in [0, 0.05) is 17.8 Å². The van der Waals surface area contributed by atoms with Gasteiger partial charge < -0.3 is 9.67 Å². The van der Waals surface area contributed by atoms with E-state index in [9.17, 15) is 9.18 Å². The first-order chi connectivity index (χ1) is 9.31. The molecule has 0 aliphatic rings. The number of imidazole rings is 1. The predicted molar refractivity (Wildman–Crippen MR) is 73.5 cm³/mol. The van der Waals surface area contributed by atoms with Crippen molar-refractivity contribution in [2.45, 2.75) is 32.6 Å². The largest absolute Gasteiger partial charge is 0.481 e. The summed E-state index contributed by atoms with van der Waals surface area (Å²) in [6, 6.07) is 4.82. The van der Waals surface area contributed by atoms with Gasteiger partial charge in [0.15, 0.2) is 0 Å². The fraction of sp³-hybridized carbons (Fsp3) is 0.333. The van der Waals surface area contributed by atoms with Crippen LogP contribution < -0.4 is 0 Å². The van der Waals surface area contributed by atoms with Crippen molar-refractivity contribution in [2.24, 2.45) is 0 Å². The molecular weight excluding hydrogens is 259 g/mol. The smallest absolute Gasteiger partial charge is 0.304 e. The molecule has 2 rings (SSSR count). The molecule has 0 fully saturated rings. The standard InChI is InChI=1S/C15H17FN2O2/c1-10-17-6-7-18(10)13-5-4-11(8-12(13)16)15(2,3)9-14(19)20/h4-8H,9H2,1-3H3,(H,19,20). The van der Waals surface area contributed by atoms with E-state index in [2.05, 4.69) is 4.98 Å². The van der Waals surface area contributed by atoms with Crippen molar-refractivity contribution in [1.29, 1.82) is 0 Å². The Morgan fingerprint density at radius 2 is 2.15 bits per heavy atom. The predicted octanol–water partition coefficient (Wildman–Crippen LogP) is 3.07. The second-order valence-electron chi connectivity index (χ2n) is 5.47. The number of aryl methyl sites for hydroxylation is 1. The van der Waals surface area contributed by atoms with E-state index in [1.54, 1.807) is 49.9 Å². The van der Waals surface area contributed by atoms with Gasteiger partial charge in [-0.2, -0.15) is 0 Å². The number of benzene rings is 1. The number of aliphatic carboxylic acids is 1. The molecule has 0 saturated carbocycles. The fourth-order valence-electron chi connectivity index (χ4n) is 2.24. The highest BCUT2D eigenvalue weighted by Gasteiger charge is 2.25. The quantitative estimate of drug-likeness (QED) is 0.933. The molecule has 0 atom stereocenters. The van der Waals surface area contributed by atoms with Gasteiger partial charge in [0.25, 0.3) is 0 Å². The van der Waals surface area contributed by atoms with Crippen LogP contribution in [-0.4, -0.2) is 20.6 Å². The minimum atomic E-state index is -0.898. The first-order valence-electron chi connectivity index (χ1n) is 6.33. The topological polar surface area (TPSA) is 55.1 Å². The molecule has 0 aliphatic carbocycles. The van der Waals surface area contributed by atoms with E-state index in [0.29, 0.717) is 17.1 Å². The summed E-state index contributed by atoms with van der Waals surface area (Å²) in [6.07, 6.45) is 3.25. The van der Waals surface area contributed by atoms with Crippen molar-refractivity contribution < 1.29 is 14.3 Å². The maximum Gasteiger partial charge on any atom is 0.304 e. The molecule has 106 valence electrons. The highest BCUT2D eigenvalue weighted by Crippen LogP contribution is 2.29. The summed E-state index contributed by atoms with van der Waals surface area (Å²) in [7, 11) is 0. The molecule has 4 nitrogen and oxygen atoms in total. The van der Waals surface area contributed by atoms with E-state index in [0.717, 1.165) is 0 Å². The number of carbonyl (C=O) groups is 1. The van der Waals surface area contributed by atoms with Crippen LogP contribution in [0.1, 0.15) is 31.7 Å². The average molecular weight is 276 g/mol. The minimum Gasteiger partial charge on any atom is -0.481 e. The molecule has 0 amide bonds. The zero-order chi connectivity index (χ0) is 14.9. The van der Waals surface area contributed by atoms with Crippen LogP contribution in [0.4, 0.5) is 4.39 Å². The molecule has 0 spiro atoms. The van der Waals surface area contributed by atoms with Crippen LogP contribution in [0, 0.1) is 12.7 Å². The molecule has 2 aromatic rings. The van der Waals surface area contributed by atoms with Crippen molar-refractivity contribution in [2.75, 3.05) is 0 Å². The monoisotopic (exact) mass is 276 g/mol. The summed E-state index contributed by atoms with van der Waals surface area (Å²) in [5.74, 6) is -0.589. The molecule has 0 bridgehead atoms. The third-order valence-electron chi connectivity index (χ3n) is 3.41. The van der Waals surface area contributed by atoms with Crippen LogP contribution in [-0.2, 0) is 10.2 Å². The molecule has 0 radical (unpaired) electrons. The Kier molecular flexibility index (Phi) is 3.61. The highest BCUT2D eigenvalue weighted by molar-refractivity contribution is 5.69. The van der Waals surface area contributed by atoms with Crippen LogP contribution in [0.2, 0.25) is 0 Å². The number of hydrogen-bond donors (Lipinski definition) is 1. The second kappa shape index (κ2) is 5.07. The Morgan fingerprint density at radius 3 is 2.65 bits per heavy atom. The molecule has 20 heavy (non-hydrogen) atoms. The van der Waals surface area contributed by atoms with E-state index >= 15 is 0 Å². The minimum absolute atomic E-state index is 0.0457. The zero-order valence-electron chi connectivity index (χ0n) is 11.7. The Bertz CT molecular complexity index is 647. The summed E-state index contributed by atoms with van der Waals surface area (Å²) >= 11 is 0. The van der Waals surface area contributed by atoms with Crippen LogP contribution >= 0.6 is 0 Å². The van der Waals surface area contributed by atoms with Crippen molar-refractivity contribution in [1.82, 2.24) is 9.55 Å². The first-order valence-corrected chi connectivity index (χ1v) is 6.33. The lowest BCUT2D eigenvalue weighted by Gasteiger charge is -2.23. The molecule has 0 unspecified atom stereocenters. The van der Waals surface area contributed by atoms with Crippen LogP contribution in [0.15, 0.2) is 30.6 Å². The Labute approximate surface area is 116 Å². The van der Waals surface area contributed by atoms with Gasteiger partial charge in [0.05, 0.1) is 12.1 Å². The van der Waals surface area contributed by atoms with Crippen LogP contribution in [0.3, 0.4) is 0 Å². The van der Waals surface area contributed by atoms with Crippen LogP contribution in [0.25, 0.3) is 5.69 Å². The normalized spacial score (nSPS) is 11.6. The zero-order valence-corrected chi connectivity index (χ0v) is 11.7. The van der Waals surface area contributed by atoms with E-state index in [1.807, 2.05) is 0 Å². The number of aromatic nitrogens is 2. The van der Waals surface area contributed by atoms with Gasteiger partial charge in [-0.25, -0.2) is 9.37 Å². The number of halogens is 1. The summed E-state index contributed by atoms with van der Waals surface area (Å²) in [6.45, 7) is 5.37. The number of hydrogen-bond acceptors (Lipinski definition) is 2. The lowest BCUT2D eigenvalue weighted by Crippen LogP contribution is -2.22. The maximum absolute atomic E-state index is 14.3. The Balaban J connectivity index is 2.40. The number of rotatable bonds is 4. The molecule has 0 aliphatic heterocycles. The van der Waals surface area contributed by atoms with Gasteiger partial charge in [0.2, 0.25) is 0 Å². The van der Waals surface area contributed by atoms with E-state index in [-0.39, 0.29) is 12.2 Å². The lowest BCUT2D eigenvalue weighted by molar-refractivity contribution is -0.138. The summed E-state index contributed by atoms with van der Waals surface area (Å²) in [5.41, 5.74) is 0.462. The first kappa shape index (κ1) is 14.2. The van der Waals surface area contributed by atoms with E-state index in [1.165, 1.54) is 6.07 Å². The van der Waals surface area contributed by atoms with Gasteiger partial charge >= 0.3 is 5.97 Å². The Morgan fingerprint density at radius 1 is 1.45 bits per heavy atom. The molecule has 1 aromatic carbocycles. The SMILES string of the molecule is Cc1nccn1-c1ccc(C(C)(C)CC(=O)O)cc1F. The maximum atomic E-state index is 14.3.